The number of aromatic nitrogens is 2. The van der Waals surface area contributed by atoms with Gasteiger partial charge in [-0.1, -0.05) is 0 Å². The van der Waals surface area contributed by atoms with Crippen molar-refractivity contribution in [2.45, 2.75) is 19.3 Å². The molecule has 0 saturated heterocycles. The molecule has 0 aliphatic rings. The van der Waals surface area contributed by atoms with Crippen LogP contribution in [0.5, 0.6) is 17.2 Å². The summed E-state index contributed by atoms with van der Waals surface area (Å²) in [4.78, 5) is 21.9. The molecule has 0 spiro atoms. The Morgan fingerprint density at radius 3 is 2.45 bits per heavy atom. The molecule has 7 nitrogen and oxygen atoms in total. The second-order valence-corrected chi connectivity index (χ2v) is 7.97. The zero-order chi connectivity index (χ0) is 21.0. The Hall–Kier alpha value is -2.65. The normalized spacial score (nSPS) is 10.7. The summed E-state index contributed by atoms with van der Waals surface area (Å²) in [6.07, 6.45) is 0.762. The van der Waals surface area contributed by atoms with Crippen LogP contribution in [0.1, 0.15) is 23.2 Å². The van der Waals surface area contributed by atoms with Gasteiger partial charge in [0.2, 0.25) is 0 Å². The number of carboxylic acid groups (broad SMARTS) is 1. The molecule has 0 fully saturated rings. The molecular formula is C20H16Br2N2O5. The van der Waals surface area contributed by atoms with Crippen LogP contribution in [0.2, 0.25) is 0 Å². The van der Waals surface area contributed by atoms with Crippen molar-refractivity contribution < 1.29 is 19.7 Å². The summed E-state index contributed by atoms with van der Waals surface area (Å²) >= 11 is 6.92. The zero-order valence-corrected chi connectivity index (χ0v) is 18.2. The van der Waals surface area contributed by atoms with Gasteiger partial charge < -0.3 is 14.9 Å². The number of nitrogens with zero attached hydrogens (tertiary/aromatic N) is 1. The highest BCUT2D eigenvalue weighted by Crippen LogP contribution is 2.39. The van der Waals surface area contributed by atoms with Gasteiger partial charge in [0, 0.05) is 24.5 Å². The Morgan fingerprint density at radius 2 is 1.83 bits per heavy atom. The predicted molar refractivity (Wildman–Crippen MR) is 114 cm³/mol. The van der Waals surface area contributed by atoms with Gasteiger partial charge in [0.1, 0.15) is 11.5 Å². The molecule has 0 amide bonds. The number of carboxylic acids is 1. The molecule has 1 heterocycles. The number of aromatic amines is 1. The molecule has 1 aromatic heterocycles. The molecule has 0 aliphatic heterocycles. The van der Waals surface area contributed by atoms with Crippen molar-refractivity contribution in [1.82, 2.24) is 10.2 Å². The summed E-state index contributed by atoms with van der Waals surface area (Å²) in [6.45, 7) is 0. The number of benzene rings is 2. The van der Waals surface area contributed by atoms with Crippen molar-refractivity contribution in [2.24, 2.45) is 0 Å². The first-order chi connectivity index (χ1) is 13.8. The number of aromatic hydroxyl groups is 1. The second kappa shape index (κ2) is 9.23. The molecule has 0 saturated carbocycles. The monoisotopic (exact) mass is 522 g/mol. The quantitative estimate of drug-likeness (QED) is 0.423. The number of hydrogen-bond donors (Lipinski definition) is 3. The first kappa shape index (κ1) is 21.1. The molecule has 0 atom stereocenters. The van der Waals surface area contributed by atoms with E-state index in [1.165, 1.54) is 12.1 Å². The summed E-state index contributed by atoms with van der Waals surface area (Å²) < 4.78 is 7.31. The lowest BCUT2D eigenvalue weighted by Gasteiger charge is -2.13. The van der Waals surface area contributed by atoms with Crippen LogP contribution in [0.25, 0.3) is 0 Å². The van der Waals surface area contributed by atoms with Gasteiger partial charge in [-0.25, -0.2) is 5.10 Å². The molecule has 2 aromatic carbocycles. The van der Waals surface area contributed by atoms with E-state index in [1.807, 2.05) is 12.1 Å². The van der Waals surface area contributed by atoms with Crippen molar-refractivity contribution in [3.8, 4) is 17.2 Å². The fourth-order valence-corrected chi connectivity index (χ4v) is 4.10. The molecule has 150 valence electrons. The molecule has 3 N–H and O–H groups in total. The summed E-state index contributed by atoms with van der Waals surface area (Å²) in [5, 5.41) is 25.3. The number of phenolic OH excluding ortho intramolecular Hbond substituents is 1. The van der Waals surface area contributed by atoms with E-state index in [1.54, 1.807) is 18.2 Å². The number of aliphatic carboxylic acids is 1. The van der Waals surface area contributed by atoms with Gasteiger partial charge in [-0.15, -0.1) is 0 Å². The predicted octanol–water partition coefficient (Wildman–Crippen LogP) is 4.40. The van der Waals surface area contributed by atoms with Crippen molar-refractivity contribution in [3.63, 3.8) is 0 Å². The van der Waals surface area contributed by atoms with E-state index in [2.05, 4.69) is 42.1 Å². The number of aryl methyl sites for hydroxylation is 1. The molecule has 3 rings (SSSR count). The zero-order valence-electron chi connectivity index (χ0n) is 15.0. The molecule has 0 bridgehead atoms. The van der Waals surface area contributed by atoms with Gasteiger partial charge in [-0.05, 0) is 80.2 Å². The molecule has 9 heteroatoms. The number of halogens is 2. The lowest BCUT2D eigenvalue weighted by atomic mass is 10.1. The maximum Gasteiger partial charge on any atom is 0.303 e. The minimum atomic E-state index is -0.855. The summed E-state index contributed by atoms with van der Waals surface area (Å²) in [7, 11) is 0. The van der Waals surface area contributed by atoms with Gasteiger partial charge in [-0.2, -0.15) is 5.10 Å². The highest BCUT2D eigenvalue weighted by atomic mass is 79.9. The van der Waals surface area contributed by atoms with E-state index < -0.39 is 5.97 Å². The van der Waals surface area contributed by atoms with Crippen LogP contribution in [0, 0.1) is 0 Å². The van der Waals surface area contributed by atoms with Crippen molar-refractivity contribution in [1.29, 1.82) is 0 Å². The van der Waals surface area contributed by atoms with E-state index >= 15 is 0 Å². The van der Waals surface area contributed by atoms with Crippen LogP contribution < -0.4 is 10.3 Å². The average Bonchev–Trinajstić information content (AvgIpc) is 2.67. The lowest BCUT2D eigenvalue weighted by molar-refractivity contribution is -0.136. The molecule has 29 heavy (non-hydrogen) atoms. The first-order valence-corrected chi connectivity index (χ1v) is 10.1. The van der Waals surface area contributed by atoms with Crippen LogP contribution >= 0.6 is 31.9 Å². The van der Waals surface area contributed by atoms with Crippen molar-refractivity contribution in [3.05, 3.63) is 78.6 Å². The largest absolute Gasteiger partial charge is 0.508 e. The smallest absolute Gasteiger partial charge is 0.303 e. The fourth-order valence-electron chi connectivity index (χ4n) is 2.66. The lowest BCUT2D eigenvalue weighted by Crippen LogP contribution is -2.07. The fraction of sp³-hybridized carbons (Fsp3) is 0.150. The Morgan fingerprint density at radius 1 is 1.10 bits per heavy atom. The third-order valence-corrected chi connectivity index (χ3v) is 5.24. The number of phenols is 1. The molecular weight excluding hydrogens is 508 g/mol. The first-order valence-electron chi connectivity index (χ1n) is 8.56. The topological polar surface area (TPSA) is 113 Å². The van der Waals surface area contributed by atoms with E-state index in [0.29, 0.717) is 44.5 Å². The van der Waals surface area contributed by atoms with E-state index in [0.717, 1.165) is 5.56 Å². The van der Waals surface area contributed by atoms with Crippen LogP contribution in [0.3, 0.4) is 0 Å². The second-order valence-electron chi connectivity index (χ2n) is 6.26. The number of rotatable bonds is 7. The minimum absolute atomic E-state index is 0.0409. The highest BCUT2D eigenvalue weighted by Gasteiger charge is 2.13. The van der Waals surface area contributed by atoms with Crippen LogP contribution in [-0.4, -0.2) is 26.4 Å². The summed E-state index contributed by atoms with van der Waals surface area (Å²) in [5.74, 6) is 0.267. The van der Waals surface area contributed by atoms with E-state index in [4.69, 9.17) is 9.84 Å². The van der Waals surface area contributed by atoms with Gasteiger partial charge in [-0.3, -0.25) is 9.59 Å². The Labute approximate surface area is 182 Å². The molecule has 0 radical (unpaired) electrons. The Bertz CT molecular complexity index is 1070. The molecule has 0 unspecified atom stereocenters. The average molecular weight is 524 g/mol. The van der Waals surface area contributed by atoms with Crippen LogP contribution in [0.4, 0.5) is 0 Å². The van der Waals surface area contributed by atoms with E-state index in [9.17, 15) is 14.7 Å². The van der Waals surface area contributed by atoms with Crippen molar-refractivity contribution in [2.75, 3.05) is 0 Å². The third-order valence-electron chi connectivity index (χ3n) is 4.06. The number of carbonyl (C=O) groups is 1. The van der Waals surface area contributed by atoms with Gasteiger partial charge in [0.15, 0.2) is 5.75 Å². The molecule has 3 aromatic rings. The number of nitrogens with one attached hydrogen (secondary N) is 1. The van der Waals surface area contributed by atoms with Gasteiger partial charge in [0.25, 0.3) is 5.56 Å². The van der Waals surface area contributed by atoms with Crippen LogP contribution in [-0.2, 0) is 17.6 Å². The highest BCUT2D eigenvalue weighted by molar-refractivity contribution is 9.11. The van der Waals surface area contributed by atoms with E-state index in [-0.39, 0.29) is 17.7 Å². The van der Waals surface area contributed by atoms with Crippen molar-refractivity contribution >= 4 is 37.8 Å². The maximum atomic E-state index is 11.1. The standard InChI is InChI=1S/C20H16Br2N2O5/c21-15-7-11(1-6-19(27)28)8-16(22)20(15)29-14-3-4-17(25)12(10-14)9-13-2-5-18(26)24-23-13/h2-5,7-8,10,25H,1,6,9H2,(H,24,26)(H,27,28). The number of H-pyrrole nitrogens is 1. The van der Waals surface area contributed by atoms with Gasteiger partial charge >= 0.3 is 5.97 Å². The SMILES string of the molecule is O=C(O)CCc1cc(Br)c(Oc2ccc(O)c(Cc3ccc(=O)[nH]n3)c2)c(Br)c1. The summed E-state index contributed by atoms with van der Waals surface area (Å²) in [6, 6.07) is 11.5. The third kappa shape index (κ3) is 5.68. The number of ether oxygens (including phenoxy) is 1. The Balaban J connectivity index is 1.82. The van der Waals surface area contributed by atoms with Crippen LogP contribution in [0.15, 0.2) is 56.2 Å². The molecule has 0 aliphatic carbocycles. The number of hydrogen-bond acceptors (Lipinski definition) is 5. The minimum Gasteiger partial charge on any atom is -0.508 e. The Kier molecular flexibility index (Phi) is 6.71. The summed E-state index contributed by atoms with van der Waals surface area (Å²) in [5.41, 5.74) is 1.75. The maximum absolute atomic E-state index is 11.1. The van der Waals surface area contributed by atoms with Gasteiger partial charge in [0.05, 0.1) is 14.6 Å².